The van der Waals surface area contributed by atoms with E-state index >= 15 is 0 Å². The van der Waals surface area contributed by atoms with E-state index in [1.54, 1.807) is 64.9 Å². The first-order valence-corrected chi connectivity index (χ1v) is 44.9. The van der Waals surface area contributed by atoms with Crippen molar-refractivity contribution in [2.75, 3.05) is 0 Å². The van der Waals surface area contributed by atoms with Crippen molar-refractivity contribution in [2.24, 2.45) is 0 Å². The Balaban J connectivity index is 0.000000143. The topological polar surface area (TPSA) is 275 Å². The molecule has 0 unspecified atom stereocenters. The molecule has 0 amide bonds. The van der Waals surface area contributed by atoms with Gasteiger partial charge in [0.2, 0.25) is 34.8 Å². The molecule has 682 valence electrons. The number of carboxylic acids is 2. The SMILES string of the molecule is CC1(c2onc(-c3c(Cl)cc(Cl)cc3Cl)c2C(=O)O)CCC1.CC1(c2onc(-c3c(Cl)cc(Cl)cc3Cl)c2C(=O)Oc2c(F)c(F)c(F)c(F)c2F)CCC1.Cc1cn(C(=O)c2c(-c3c(Cl)cc(Cl)cc3Cl)noc2C2(C)CCC2)c2cccc(/C=C/C(=O)O)c12.Cc1cn(C(=O)c2c(-c3c(Cl)cc(Cl)cc3Cl)noc2C2(C)CCC2)c2cccc(/C=C/C(=O)OC(C)(C)C)c12. The van der Waals surface area contributed by atoms with Gasteiger partial charge in [-0.3, -0.25) is 18.7 Å². The molecule has 13 aromatic rings. The number of hydrogen-bond donors (Lipinski definition) is 2. The molecule has 4 fully saturated rings. The van der Waals surface area contributed by atoms with Crippen LogP contribution in [-0.4, -0.2) is 81.3 Å². The molecule has 0 spiro atoms. The predicted molar refractivity (Wildman–Crippen MR) is 495 cm³/mol. The van der Waals surface area contributed by atoms with Crippen LogP contribution in [-0.2, 0) is 36.0 Å². The van der Waals surface area contributed by atoms with Gasteiger partial charge < -0.3 is 37.8 Å². The number of aliphatic carboxylic acids is 1. The minimum Gasteiger partial charge on any atom is -0.478 e. The van der Waals surface area contributed by atoms with Crippen molar-refractivity contribution in [3.05, 3.63) is 266 Å². The second-order valence-corrected chi connectivity index (χ2v) is 39.2. The van der Waals surface area contributed by atoms with Crippen LogP contribution in [0.25, 0.3) is 79.0 Å². The first-order valence-electron chi connectivity index (χ1n) is 40.4. The highest BCUT2D eigenvalue weighted by atomic mass is 35.5. The highest BCUT2D eigenvalue weighted by Gasteiger charge is 2.48. The van der Waals surface area contributed by atoms with E-state index in [1.165, 1.54) is 36.4 Å². The molecule has 0 radical (unpaired) electrons. The maximum atomic E-state index is 14.4. The zero-order valence-corrected chi connectivity index (χ0v) is 79.5. The standard InChI is InChI=1S/C31H29Cl3N2O4.C27H21Cl3N2O4.C21H11Cl3F5NO3.C15H12Cl3NO3/c1-17-16-36(22-9-6-8-18(24(17)22)10-11-23(37)39-30(2,3)4)29(38)26-27(25-20(33)14-19(32)15-21(25)34)35-40-28(26)31(5)12-7-13-31;1-14-13-32(19-6-3-5-15(21(14)19)7-8-20(33)34)26(35)23-24(22-17(29)11-16(28)12-18(22)30)31-36-25(23)27(2)9-4-10-27;1-21(3-2-4-21)19-11(17(30-33-19)10-8(23)5-7(22)6-9(10)24)20(31)32-18-15(28)13(26)12(25)14(27)16(18)29;1-15(3-2-4-15)13-11(14(20)21)12(19-22-13)10-8(17)5-7(16)6-9(10)18/h6,8-11,14-16H,7,12-13H2,1-5H3;3,5-8,11-13H,4,9-10H2,1-2H3,(H,33,34);5-6H,2-4H2,1H3;5-6H,2-4H2,1H3,(H,20,21)/b11-10+;8-7+;;. The van der Waals surface area contributed by atoms with Gasteiger partial charge in [-0.2, -0.15) is 8.78 Å². The third-order valence-electron chi connectivity index (χ3n) is 23.7. The molecule has 17 rings (SSSR count). The zero-order chi connectivity index (χ0) is 95.1. The summed E-state index contributed by atoms with van der Waals surface area (Å²) in [6.45, 7) is 17.1. The highest BCUT2D eigenvalue weighted by molar-refractivity contribution is 6.45. The smallest absolute Gasteiger partial charge is 0.349 e. The Morgan fingerprint density at radius 1 is 0.420 bits per heavy atom. The molecule has 131 heavy (non-hydrogen) atoms. The minimum absolute atomic E-state index is 0.000273. The zero-order valence-electron chi connectivity index (χ0n) is 70.4. The predicted octanol–water partition coefficient (Wildman–Crippen LogP) is 29.9. The van der Waals surface area contributed by atoms with Crippen molar-refractivity contribution >= 4 is 209 Å². The van der Waals surface area contributed by atoms with Crippen molar-refractivity contribution in [3.8, 4) is 50.8 Å². The molecule has 37 heteroatoms. The number of aromatic nitrogens is 6. The van der Waals surface area contributed by atoms with Gasteiger partial charge in [0.05, 0.1) is 51.2 Å². The summed E-state index contributed by atoms with van der Waals surface area (Å²) in [6.07, 6.45) is 19.4. The molecule has 6 heterocycles. The quantitative estimate of drug-likeness (QED) is 0.0214. The number of ether oxygens (including phenoxy) is 2. The lowest BCUT2D eigenvalue weighted by Gasteiger charge is -2.36. The summed E-state index contributed by atoms with van der Waals surface area (Å²) in [4.78, 5) is 76.9. The van der Waals surface area contributed by atoms with E-state index in [2.05, 4.69) is 39.2 Å². The first kappa shape index (κ1) is 97.3. The molecule has 2 N–H and O–H groups in total. The van der Waals surface area contributed by atoms with Gasteiger partial charge in [-0.05, 0) is 181 Å². The van der Waals surface area contributed by atoms with E-state index in [1.807, 2.05) is 71.9 Å². The van der Waals surface area contributed by atoms with Crippen molar-refractivity contribution in [1.82, 2.24) is 29.8 Å². The van der Waals surface area contributed by atoms with E-state index < -0.39 is 75.3 Å². The third-order valence-corrected chi connectivity index (χ3v) is 27.0. The summed E-state index contributed by atoms with van der Waals surface area (Å²) >= 11 is 75.1. The summed E-state index contributed by atoms with van der Waals surface area (Å²) in [5, 5.41) is 39.5. The van der Waals surface area contributed by atoms with E-state index in [0.717, 1.165) is 97.7 Å². The van der Waals surface area contributed by atoms with Crippen molar-refractivity contribution in [3.63, 3.8) is 0 Å². The molecule has 0 saturated heterocycles. The van der Waals surface area contributed by atoms with Crippen LogP contribution in [0, 0.1) is 42.9 Å². The van der Waals surface area contributed by atoms with Crippen molar-refractivity contribution in [1.29, 1.82) is 0 Å². The number of carbonyl (C=O) groups excluding carboxylic acids is 4. The van der Waals surface area contributed by atoms with Gasteiger partial charge in [0, 0.05) is 99.3 Å². The number of carbonyl (C=O) groups is 6. The minimum atomic E-state index is -2.39. The van der Waals surface area contributed by atoms with E-state index in [-0.39, 0.29) is 113 Å². The molecule has 7 aromatic carbocycles. The number of aryl methyl sites for hydroxylation is 2. The Kier molecular flexibility index (Phi) is 28.2. The van der Waals surface area contributed by atoms with Gasteiger partial charge >= 0.3 is 23.9 Å². The average molecular weight is 2030 g/mol. The summed E-state index contributed by atoms with van der Waals surface area (Å²) in [6, 6.07) is 22.8. The molecule has 20 nitrogen and oxygen atoms in total. The second-order valence-electron chi connectivity index (χ2n) is 34.2. The number of halogens is 17. The number of carboxylic acid groups (broad SMARTS) is 2. The summed E-state index contributed by atoms with van der Waals surface area (Å²) < 4.78 is 104. The van der Waals surface area contributed by atoms with Gasteiger partial charge in [0.25, 0.3) is 11.8 Å². The number of nitrogens with zero attached hydrogens (tertiary/aromatic N) is 6. The summed E-state index contributed by atoms with van der Waals surface area (Å²) in [5.74, 6) is -16.6. The van der Waals surface area contributed by atoms with Crippen LogP contribution < -0.4 is 4.74 Å². The van der Waals surface area contributed by atoms with Crippen LogP contribution >= 0.6 is 139 Å². The van der Waals surface area contributed by atoms with Gasteiger partial charge in [-0.25, -0.2) is 32.3 Å². The third kappa shape index (κ3) is 19.0. The van der Waals surface area contributed by atoms with Crippen molar-refractivity contribution in [2.45, 2.75) is 167 Å². The average Bonchev–Trinajstić information content (AvgIpc) is 1.60. The Morgan fingerprint density at radius 3 is 0.992 bits per heavy atom. The lowest BCUT2D eigenvalue weighted by Crippen LogP contribution is -2.32. The lowest BCUT2D eigenvalue weighted by atomic mass is 9.67. The second kappa shape index (κ2) is 38.0. The Labute approximate surface area is 804 Å². The summed E-state index contributed by atoms with van der Waals surface area (Å²) in [5.41, 5.74) is 3.98. The molecule has 6 aromatic heterocycles. The van der Waals surface area contributed by atoms with E-state index in [9.17, 15) is 55.8 Å². The van der Waals surface area contributed by atoms with E-state index in [4.69, 9.17) is 167 Å². The number of aromatic carboxylic acids is 1. The monoisotopic (exact) mass is 2020 g/mol. The van der Waals surface area contributed by atoms with Crippen LogP contribution in [0.5, 0.6) is 5.75 Å². The highest BCUT2D eigenvalue weighted by Crippen LogP contribution is 2.54. The molecular formula is C94H73Cl12F5N6O14. The molecule has 4 saturated carbocycles. The van der Waals surface area contributed by atoms with Gasteiger partial charge in [0.15, 0.2) is 23.0 Å². The van der Waals surface area contributed by atoms with Gasteiger partial charge in [-0.1, -0.05) is 237 Å². The van der Waals surface area contributed by atoms with Crippen LogP contribution in [0.15, 0.2) is 128 Å². The number of hydrogen-bond acceptors (Lipinski definition) is 16. The maximum absolute atomic E-state index is 14.4. The summed E-state index contributed by atoms with van der Waals surface area (Å²) in [7, 11) is 0. The molecule has 0 aliphatic heterocycles. The fourth-order valence-corrected chi connectivity index (χ4v) is 20.4. The van der Waals surface area contributed by atoms with E-state index in [0.29, 0.717) is 89.6 Å². The van der Waals surface area contributed by atoms with Crippen LogP contribution in [0.2, 0.25) is 60.3 Å². The first-order chi connectivity index (χ1) is 61.7. The molecule has 0 atom stereocenters. The maximum Gasteiger partial charge on any atom is 0.349 e. The number of rotatable bonds is 17. The van der Waals surface area contributed by atoms with Crippen molar-refractivity contribution < 1.29 is 88.5 Å². The Morgan fingerprint density at radius 2 is 0.702 bits per heavy atom. The largest absolute Gasteiger partial charge is 0.478 e. The fraction of sp³-hybridized carbons (Fsp3) is 0.277. The van der Waals surface area contributed by atoms with Crippen LogP contribution in [0.3, 0.4) is 0 Å². The molecule has 0 bridgehead atoms. The van der Waals surface area contributed by atoms with Gasteiger partial charge in [0.1, 0.15) is 50.6 Å². The Bertz CT molecular complexity index is 6820. The number of fused-ring (bicyclic) bond motifs is 2. The molecule has 4 aliphatic rings. The Hall–Kier alpha value is -9.71. The number of esters is 2. The fourth-order valence-electron chi connectivity index (χ4n) is 16.4. The van der Waals surface area contributed by atoms with Gasteiger partial charge in [-0.15, -0.1) is 0 Å². The van der Waals surface area contributed by atoms with Crippen LogP contribution in [0.1, 0.15) is 212 Å². The molecular weight excluding hydrogens is 1960 g/mol. The van der Waals surface area contributed by atoms with Crippen LogP contribution in [0.4, 0.5) is 22.0 Å². The lowest BCUT2D eigenvalue weighted by molar-refractivity contribution is -0.148. The number of benzene rings is 7. The normalized spacial score (nSPS) is 15.2. The molecule has 4 aliphatic carbocycles.